The largest absolute Gasteiger partial charge is 0.462 e. The standard InChI is InChI=1S/C29H54O8/c1-14-16-28(12,36-34-26(6,7)8)19-22(4)32-24(30)18-21(3)25(31)33-23(5)20-29(13,17-15-2)37-35-27(9,10)11/h22-23H,3,14-20H2,1-2,4-13H3. The van der Waals surface area contributed by atoms with Crippen LogP contribution in [0, 0.1) is 0 Å². The number of hydrogen-bond acceptors (Lipinski definition) is 8. The molecule has 0 aromatic rings. The summed E-state index contributed by atoms with van der Waals surface area (Å²) in [7, 11) is 0. The average molecular weight is 531 g/mol. The van der Waals surface area contributed by atoms with Crippen LogP contribution in [-0.4, -0.2) is 46.6 Å². The lowest BCUT2D eigenvalue weighted by Gasteiger charge is -2.33. The highest BCUT2D eigenvalue weighted by molar-refractivity contribution is 5.93. The summed E-state index contributed by atoms with van der Waals surface area (Å²) in [5.41, 5.74) is -2.11. The molecule has 0 fully saturated rings. The lowest BCUT2D eigenvalue weighted by Crippen LogP contribution is -2.37. The van der Waals surface area contributed by atoms with E-state index in [-0.39, 0.29) is 12.0 Å². The summed E-state index contributed by atoms with van der Waals surface area (Å²) in [4.78, 5) is 47.7. The van der Waals surface area contributed by atoms with Crippen molar-refractivity contribution < 1.29 is 38.6 Å². The maximum atomic E-state index is 12.6. The number of ether oxygens (including phenoxy) is 2. The third-order valence-corrected chi connectivity index (χ3v) is 5.27. The molecule has 0 aromatic heterocycles. The van der Waals surface area contributed by atoms with E-state index in [0.29, 0.717) is 12.8 Å². The van der Waals surface area contributed by atoms with Crippen LogP contribution in [0.15, 0.2) is 12.2 Å². The molecule has 0 saturated carbocycles. The van der Waals surface area contributed by atoms with Crippen molar-refractivity contribution >= 4 is 11.9 Å². The van der Waals surface area contributed by atoms with Crippen molar-refractivity contribution in [2.75, 3.05) is 0 Å². The molecule has 0 N–H and O–H groups in total. The minimum Gasteiger partial charge on any atom is -0.462 e. The first-order chi connectivity index (χ1) is 16.7. The highest BCUT2D eigenvalue weighted by Crippen LogP contribution is 2.29. The Balaban J connectivity index is 4.86. The van der Waals surface area contributed by atoms with E-state index < -0.39 is 46.6 Å². The van der Waals surface area contributed by atoms with Crippen LogP contribution < -0.4 is 0 Å². The molecule has 0 amide bonds. The molecule has 4 atom stereocenters. The van der Waals surface area contributed by atoms with Crippen LogP contribution in [0.1, 0.15) is 128 Å². The van der Waals surface area contributed by atoms with E-state index in [1.807, 2.05) is 55.4 Å². The van der Waals surface area contributed by atoms with Gasteiger partial charge < -0.3 is 9.47 Å². The molecule has 0 aliphatic heterocycles. The zero-order valence-corrected chi connectivity index (χ0v) is 25.6. The van der Waals surface area contributed by atoms with Gasteiger partial charge in [0.2, 0.25) is 0 Å². The first kappa shape index (κ1) is 35.5. The molecule has 0 bridgehead atoms. The van der Waals surface area contributed by atoms with Gasteiger partial charge in [-0.2, -0.15) is 0 Å². The van der Waals surface area contributed by atoms with E-state index in [9.17, 15) is 9.59 Å². The monoisotopic (exact) mass is 530 g/mol. The van der Waals surface area contributed by atoms with Crippen LogP contribution in [-0.2, 0) is 38.6 Å². The van der Waals surface area contributed by atoms with Gasteiger partial charge in [0.1, 0.15) is 23.4 Å². The van der Waals surface area contributed by atoms with Gasteiger partial charge in [-0.3, -0.25) is 4.79 Å². The van der Waals surface area contributed by atoms with E-state index in [1.165, 1.54) is 0 Å². The molecular formula is C29H54O8. The van der Waals surface area contributed by atoms with Crippen molar-refractivity contribution in [1.82, 2.24) is 0 Å². The maximum absolute atomic E-state index is 12.6. The molecule has 0 radical (unpaired) electrons. The summed E-state index contributed by atoms with van der Waals surface area (Å²) in [6.45, 7) is 26.7. The topological polar surface area (TPSA) is 89.5 Å². The molecule has 37 heavy (non-hydrogen) atoms. The molecule has 0 rings (SSSR count). The minimum absolute atomic E-state index is 0.0386. The maximum Gasteiger partial charge on any atom is 0.334 e. The Hall–Kier alpha value is -1.48. The smallest absolute Gasteiger partial charge is 0.334 e. The van der Waals surface area contributed by atoms with E-state index in [0.717, 1.165) is 25.7 Å². The predicted octanol–water partition coefficient (Wildman–Crippen LogP) is 7.19. The van der Waals surface area contributed by atoms with Gasteiger partial charge >= 0.3 is 11.9 Å². The average Bonchev–Trinajstić information content (AvgIpc) is 2.69. The van der Waals surface area contributed by atoms with Crippen LogP contribution in [0.3, 0.4) is 0 Å². The lowest BCUT2D eigenvalue weighted by atomic mass is 9.94. The zero-order chi connectivity index (χ0) is 29.1. The zero-order valence-electron chi connectivity index (χ0n) is 25.6. The highest BCUT2D eigenvalue weighted by atomic mass is 17.2. The van der Waals surface area contributed by atoms with Gasteiger partial charge in [0.15, 0.2) is 0 Å². The third kappa shape index (κ3) is 16.9. The third-order valence-electron chi connectivity index (χ3n) is 5.27. The van der Waals surface area contributed by atoms with Crippen molar-refractivity contribution in [2.24, 2.45) is 0 Å². The van der Waals surface area contributed by atoms with E-state index in [1.54, 1.807) is 13.8 Å². The highest BCUT2D eigenvalue weighted by Gasteiger charge is 2.33. The van der Waals surface area contributed by atoms with E-state index in [2.05, 4.69) is 20.4 Å². The quantitative estimate of drug-likeness (QED) is 0.0845. The van der Waals surface area contributed by atoms with Crippen molar-refractivity contribution in [3.05, 3.63) is 12.2 Å². The first-order valence-electron chi connectivity index (χ1n) is 13.5. The molecule has 8 heteroatoms. The number of hydrogen-bond donors (Lipinski definition) is 0. The van der Waals surface area contributed by atoms with Gasteiger partial charge in [0, 0.05) is 18.4 Å². The van der Waals surface area contributed by atoms with Gasteiger partial charge in [0.05, 0.1) is 17.6 Å². The molecule has 218 valence electrons. The van der Waals surface area contributed by atoms with Crippen molar-refractivity contribution in [2.45, 2.75) is 163 Å². The summed E-state index contributed by atoms with van der Waals surface area (Å²) in [5.74, 6) is -1.18. The normalized spacial score (nSPS) is 17.3. The van der Waals surface area contributed by atoms with Crippen molar-refractivity contribution in [3.8, 4) is 0 Å². The molecule has 8 nitrogen and oxygen atoms in total. The Bertz CT molecular complexity index is 720. The molecule has 0 aliphatic rings. The number of rotatable bonds is 17. The fourth-order valence-electron chi connectivity index (χ4n) is 3.94. The van der Waals surface area contributed by atoms with Gasteiger partial charge in [-0.1, -0.05) is 33.3 Å². The van der Waals surface area contributed by atoms with Crippen molar-refractivity contribution in [3.63, 3.8) is 0 Å². The molecule has 0 spiro atoms. The second-order valence-corrected chi connectivity index (χ2v) is 12.7. The van der Waals surface area contributed by atoms with Gasteiger partial charge in [-0.15, -0.1) is 0 Å². The Morgan fingerprint density at radius 3 is 1.41 bits per heavy atom. The SMILES string of the molecule is C=C(CC(=O)OC(C)CC(C)(CCC)OOC(C)(C)C)C(=O)OC(C)CC(C)(CCC)OOC(C)(C)C. The van der Waals surface area contributed by atoms with Gasteiger partial charge in [-0.05, 0) is 82.1 Å². The summed E-state index contributed by atoms with van der Waals surface area (Å²) in [6, 6.07) is 0. The predicted molar refractivity (Wildman–Crippen MR) is 145 cm³/mol. The molecule has 0 heterocycles. The number of carbonyl (C=O) groups is 2. The second kappa shape index (κ2) is 15.2. The first-order valence-corrected chi connectivity index (χ1v) is 13.5. The second-order valence-electron chi connectivity index (χ2n) is 12.7. The van der Waals surface area contributed by atoms with Gasteiger partial charge in [-0.25, -0.2) is 24.3 Å². The molecule has 0 saturated heterocycles. The Labute approximate surface area is 225 Å². The molecule has 4 unspecified atom stereocenters. The van der Waals surface area contributed by atoms with Crippen molar-refractivity contribution in [1.29, 1.82) is 0 Å². The van der Waals surface area contributed by atoms with E-state index >= 15 is 0 Å². The number of carbonyl (C=O) groups excluding carboxylic acids is 2. The Kier molecular flexibility index (Phi) is 14.6. The summed E-state index contributed by atoms with van der Waals surface area (Å²) >= 11 is 0. The van der Waals surface area contributed by atoms with Crippen LogP contribution >= 0.6 is 0 Å². The van der Waals surface area contributed by atoms with Crippen LogP contribution in [0.4, 0.5) is 0 Å². The summed E-state index contributed by atoms with van der Waals surface area (Å²) in [6.07, 6.45) is 2.96. The fourth-order valence-corrected chi connectivity index (χ4v) is 3.94. The molecule has 0 aromatic carbocycles. The molecular weight excluding hydrogens is 476 g/mol. The molecule has 0 aliphatic carbocycles. The van der Waals surface area contributed by atoms with E-state index in [4.69, 9.17) is 29.0 Å². The summed E-state index contributed by atoms with van der Waals surface area (Å²) < 4.78 is 11.1. The lowest BCUT2D eigenvalue weighted by molar-refractivity contribution is -0.404. The summed E-state index contributed by atoms with van der Waals surface area (Å²) in [5, 5.41) is 0. The number of esters is 2. The van der Waals surface area contributed by atoms with Crippen LogP contribution in [0.2, 0.25) is 0 Å². The Morgan fingerprint density at radius 1 is 0.676 bits per heavy atom. The Morgan fingerprint density at radius 2 is 1.05 bits per heavy atom. The fraction of sp³-hybridized carbons (Fsp3) is 0.862. The van der Waals surface area contributed by atoms with Gasteiger partial charge in [0.25, 0.3) is 0 Å². The van der Waals surface area contributed by atoms with Crippen LogP contribution in [0.5, 0.6) is 0 Å². The van der Waals surface area contributed by atoms with Crippen LogP contribution in [0.25, 0.3) is 0 Å². The minimum atomic E-state index is -0.634.